The molecule has 0 amide bonds. The van der Waals surface area contributed by atoms with Crippen LogP contribution in [0.3, 0.4) is 0 Å². The van der Waals surface area contributed by atoms with Gasteiger partial charge in [-0.05, 0) is 24.3 Å². The number of hydrogen-bond donors (Lipinski definition) is 13. The van der Waals surface area contributed by atoms with Crippen molar-refractivity contribution in [2.24, 2.45) is 0 Å². The molecule has 0 spiro atoms. The Labute approximate surface area is 303 Å². The van der Waals surface area contributed by atoms with Gasteiger partial charge in [0.25, 0.3) is 0 Å². The van der Waals surface area contributed by atoms with E-state index in [2.05, 4.69) is 0 Å². The van der Waals surface area contributed by atoms with Gasteiger partial charge in [-0.3, -0.25) is 4.79 Å². The van der Waals surface area contributed by atoms with Crippen molar-refractivity contribution in [3.05, 3.63) is 46.6 Å². The normalized spacial score (nSPS) is 37.3. The molecule has 0 aliphatic carbocycles. The van der Waals surface area contributed by atoms with Crippen LogP contribution < -0.4 is 10.2 Å². The Morgan fingerprint density at radius 2 is 1.07 bits per heavy atom. The summed E-state index contributed by atoms with van der Waals surface area (Å²) in [5.74, 6) is -2.45. The van der Waals surface area contributed by atoms with Crippen molar-refractivity contribution < 1.29 is 99.2 Å². The van der Waals surface area contributed by atoms with Crippen LogP contribution in [0.4, 0.5) is 0 Å². The highest BCUT2D eigenvalue weighted by Crippen LogP contribution is 2.39. The fourth-order valence-corrected chi connectivity index (χ4v) is 6.39. The van der Waals surface area contributed by atoms with Gasteiger partial charge in [0, 0.05) is 17.7 Å². The topological polar surface area (TPSA) is 349 Å². The number of rotatable bonds is 10. The maximum absolute atomic E-state index is 14.0. The lowest BCUT2D eigenvalue weighted by Gasteiger charge is -2.48. The molecular formula is C33H40O21. The molecule has 298 valence electrons. The summed E-state index contributed by atoms with van der Waals surface area (Å²) in [4.78, 5) is 14.0. The average molecular weight is 773 g/mol. The SMILES string of the molecule is O=c1c(O[C@@H]2OC(CO)[C@H](O)[C@H](O)C2O[C@@H]2OC(CO)[C@@H](O)C(O)C2O[C@@H]2OC(CO)[C@@H](O)C(O)[C@H]2O)c(-c2ccc(O)cc2)oc2cc(O)cc(O)c12. The number of phenolic OH excluding ortho intramolecular Hbond substituents is 3. The summed E-state index contributed by atoms with van der Waals surface area (Å²) in [6, 6.07) is 6.99. The van der Waals surface area contributed by atoms with Crippen LogP contribution in [0.15, 0.2) is 45.6 Å². The molecule has 4 heterocycles. The molecule has 6 rings (SSSR count). The van der Waals surface area contributed by atoms with E-state index in [-0.39, 0.29) is 22.7 Å². The molecule has 1 aromatic heterocycles. The van der Waals surface area contributed by atoms with Crippen molar-refractivity contribution in [3.63, 3.8) is 0 Å². The number of hydrogen-bond acceptors (Lipinski definition) is 21. The molecule has 13 N–H and O–H groups in total. The maximum Gasteiger partial charge on any atom is 0.239 e. The number of phenols is 3. The molecular weight excluding hydrogens is 732 g/mol. The van der Waals surface area contributed by atoms with Gasteiger partial charge in [0.05, 0.1) is 19.8 Å². The fraction of sp³-hybridized carbons (Fsp3) is 0.545. The molecule has 0 radical (unpaired) electrons. The third kappa shape index (κ3) is 7.45. The predicted octanol–water partition coefficient (Wildman–Crippen LogP) is -4.60. The van der Waals surface area contributed by atoms with Crippen molar-refractivity contribution in [1.29, 1.82) is 0 Å². The van der Waals surface area contributed by atoms with Crippen molar-refractivity contribution >= 4 is 11.0 Å². The van der Waals surface area contributed by atoms with Crippen molar-refractivity contribution in [2.45, 2.75) is 92.1 Å². The van der Waals surface area contributed by atoms with Crippen LogP contribution in [0.1, 0.15) is 0 Å². The Bertz CT molecular complexity index is 1800. The van der Waals surface area contributed by atoms with Gasteiger partial charge in [0.1, 0.15) is 95.4 Å². The minimum absolute atomic E-state index is 0.101. The Kier molecular flexibility index (Phi) is 11.9. The van der Waals surface area contributed by atoms with Gasteiger partial charge in [-0.15, -0.1) is 0 Å². The summed E-state index contributed by atoms with van der Waals surface area (Å²) in [5.41, 5.74) is -1.26. The second-order valence-corrected chi connectivity index (χ2v) is 12.9. The molecule has 21 nitrogen and oxygen atoms in total. The molecule has 0 bridgehead atoms. The standard InChI is InChI=1S/C33H40O21/c34-7-15-19(40)23(44)26(47)31(49-15)53-29-24(45)20(41)17(9-36)51-33(29)54-30-25(46)21(42)16(8-35)50-32(30)52-28-22(43)18-13(39)5-12(38)6-14(18)48-27(28)10-1-3-11(37)4-2-10/h1-6,15-17,19-21,23-26,29-42,44-47H,7-9H2/t15?,16?,17?,19-,20-,21+,23?,24?,25+,26-,29?,30?,31+,32+,33+/m1/s1. The van der Waals surface area contributed by atoms with E-state index in [4.69, 9.17) is 32.8 Å². The highest BCUT2D eigenvalue weighted by atomic mass is 16.8. The van der Waals surface area contributed by atoms with E-state index in [1.165, 1.54) is 24.3 Å². The van der Waals surface area contributed by atoms with Crippen molar-refractivity contribution in [1.82, 2.24) is 0 Å². The minimum Gasteiger partial charge on any atom is -0.508 e. The van der Waals surface area contributed by atoms with Crippen molar-refractivity contribution in [3.8, 4) is 34.3 Å². The van der Waals surface area contributed by atoms with Gasteiger partial charge < -0.3 is 99.2 Å². The zero-order valence-electron chi connectivity index (χ0n) is 27.8. The third-order valence-corrected chi connectivity index (χ3v) is 9.36. The average Bonchev–Trinajstić information content (AvgIpc) is 3.14. The molecule has 7 unspecified atom stereocenters. The summed E-state index contributed by atoms with van der Waals surface area (Å²) in [6.07, 6.45) is -28.3. The highest BCUT2D eigenvalue weighted by molar-refractivity contribution is 5.88. The van der Waals surface area contributed by atoms with E-state index in [9.17, 15) is 71.2 Å². The van der Waals surface area contributed by atoms with Crippen LogP contribution in [-0.4, -0.2) is 178 Å². The summed E-state index contributed by atoms with van der Waals surface area (Å²) in [7, 11) is 0. The number of fused-ring (bicyclic) bond motifs is 1. The summed E-state index contributed by atoms with van der Waals surface area (Å²) >= 11 is 0. The molecule has 54 heavy (non-hydrogen) atoms. The van der Waals surface area contributed by atoms with Crippen molar-refractivity contribution in [2.75, 3.05) is 19.8 Å². The molecule has 2 aromatic carbocycles. The van der Waals surface area contributed by atoms with Gasteiger partial charge in [-0.2, -0.15) is 0 Å². The number of ether oxygens (including phenoxy) is 6. The lowest BCUT2D eigenvalue weighted by atomic mass is 9.96. The molecule has 15 atom stereocenters. The van der Waals surface area contributed by atoms with Gasteiger partial charge >= 0.3 is 0 Å². The summed E-state index contributed by atoms with van der Waals surface area (Å²) in [5, 5.41) is 135. The molecule has 0 saturated carbocycles. The first-order valence-corrected chi connectivity index (χ1v) is 16.5. The van der Waals surface area contributed by atoms with E-state index in [1.54, 1.807) is 0 Å². The molecule has 21 heteroatoms. The quantitative estimate of drug-likeness (QED) is 0.0922. The zero-order chi connectivity index (χ0) is 39.2. The second kappa shape index (κ2) is 16.2. The third-order valence-electron chi connectivity index (χ3n) is 9.36. The fourth-order valence-electron chi connectivity index (χ4n) is 6.39. The first kappa shape index (κ1) is 39.9. The number of aromatic hydroxyl groups is 3. The second-order valence-electron chi connectivity index (χ2n) is 12.9. The Hall–Kier alpha value is -3.75. The first-order chi connectivity index (χ1) is 25.7. The van der Waals surface area contributed by atoms with Crippen LogP contribution in [0, 0.1) is 0 Å². The largest absolute Gasteiger partial charge is 0.508 e. The zero-order valence-corrected chi connectivity index (χ0v) is 27.8. The van der Waals surface area contributed by atoms with Crippen LogP contribution in [0.25, 0.3) is 22.3 Å². The Morgan fingerprint density at radius 3 is 1.65 bits per heavy atom. The molecule has 3 aromatic rings. The number of benzene rings is 2. The predicted molar refractivity (Wildman–Crippen MR) is 173 cm³/mol. The van der Waals surface area contributed by atoms with Crippen LogP contribution in [0.2, 0.25) is 0 Å². The highest BCUT2D eigenvalue weighted by Gasteiger charge is 2.54. The van der Waals surface area contributed by atoms with Gasteiger partial charge in [0.15, 0.2) is 24.4 Å². The molecule has 3 fully saturated rings. The summed E-state index contributed by atoms with van der Waals surface area (Å²) in [6.45, 7) is -2.69. The lowest BCUT2D eigenvalue weighted by Crippen LogP contribution is -2.67. The minimum atomic E-state index is -2.08. The van der Waals surface area contributed by atoms with Crippen LogP contribution in [0.5, 0.6) is 23.0 Å². The van der Waals surface area contributed by atoms with Crippen LogP contribution in [-0.2, 0) is 23.7 Å². The van der Waals surface area contributed by atoms with E-state index in [0.717, 1.165) is 12.1 Å². The smallest absolute Gasteiger partial charge is 0.239 e. The Morgan fingerprint density at radius 1 is 0.574 bits per heavy atom. The lowest BCUT2D eigenvalue weighted by molar-refractivity contribution is -0.389. The molecule has 3 saturated heterocycles. The van der Waals surface area contributed by atoms with Gasteiger partial charge in [-0.25, -0.2) is 0 Å². The number of aliphatic hydroxyl groups is 10. The molecule has 3 aliphatic rings. The molecule has 3 aliphatic heterocycles. The number of aliphatic hydroxyl groups excluding tert-OH is 10. The summed E-state index contributed by atoms with van der Waals surface area (Å²) < 4.78 is 40.2. The van der Waals surface area contributed by atoms with Gasteiger partial charge in [0.2, 0.25) is 17.5 Å². The maximum atomic E-state index is 14.0. The first-order valence-electron chi connectivity index (χ1n) is 16.5. The van der Waals surface area contributed by atoms with E-state index in [0.29, 0.717) is 0 Å². The monoisotopic (exact) mass is 772 g/mol. The van der Waals surface area contributed by atoms with E-state index < -0.39 is 140 Å². The van der Waals surface area contributed by atoms with E-state index >= 15 is 0 Å². The van der Waals surface area contributed by atoms with Crippen LogP contribution >= 0.6 is 0 Å². The van der Waals surface area contributed by atoms with E-state index in [1.807, 2.05) is 0 Å². The Balaban J connectivity index is 1.40. The van der Waals surface area contributed by atoms with Gasteiger partial charge in [-0.1, -0.05) is 0 Å².